The average molecular weight is 999 g/mol. The van der Waals surface area contributed by atoms with E-state index >= 15 is 0 Å². The van der Waals surface area contributed by atoms with Crippen molar-refractivity contribution in [3.8, 4) is 33.9 Å². The van der Waals surface area contributed by atoms with Crippen LogP contribution in [-0.4, -0.2) is 18.3 Å². The number of hydrogen-bond acceptors (Lipinski definition) is 0. The van der Waals surface area contributed by atoms with Crippen molar-refractivity contribution in [1.29, 1.82) is 0 Å². The molecule has 370 valence electrons. The third kappa shape index (κ3) is 8.01. The molecular weight excluding hydrogens is 945 g/mol. The Balaban J connectivity index is 0.000000118. The third-order valence-electron chi connectivity index (χ3n) is 15.4. The monoisotopic (exact) mass is 998 g/mol. The zero-order valence-corrected chi connectivity index (χ0v) is 43.5. The molecule has 0 fully saturated rings. The van der Waals surface area contributed by atoms with E-state index in [-0.39, 0.29) is 0 Å². The molecule has 4 nitrogen and oxygen atoms in total. The van der Waals surface area contributed by atoms with Gasteiger partial charge < -0.3 is 18.3 Å². The zero-order chi connectivity index (χ0) is 52.1. The van der Waals surface area contributed by atoms with Gasteiger partial charge in [0, 0.05) is 65.8 Å². The number of aryl methyl sites for hydroxylation is 2. The van der Waals surface area contributed by atoms with Crippen molar-refractivity contribution in [1.82, 2.24) is 18.3 Å². The number of rotatable bonds is 5. The van der Waals surface area contributed by atoms with Crippen molar-refractivity contribution in [2.45, 2.75) is 13.8 Å². The number of para-hydroxylation sites is 8. The van der Waals surface area contributed by atoms with Gasteiger partial charge in [0.2, 0.25) is 0 Å². The summed E-state index contributed by atoms with van der Waals surface area (Å²) in [6.45, 7) is 4.31. The lowest BCUT2D eigenvalue weighted by atomic mass is 10.0. The van der Waals surface area contributed by atoms with Crippen LogP contribution < -0.4 is 0 Å². The minimum atomic E-state index is 1.17. The second-order valence-corrected chi connectivity index (χ2v) is 20.3. The van der Waals surface area contributed by atoms with E-state index < -0.39 is 0 Å². The van der Waals surface area contributed by atoms with E-state index in [0.717, 1.165) is 0 Å². The summed E-state index contributed by atoms with van der Waals surface area (Å²) in [6, 6.07) is 104. The zero-order valence-electron chi connectivity index (χ0n) is 43.5. The van der Waals surface area contributed by atoms with E-state index in [2.05, 4.69) is 323 Å². The van der Waals surface area contributed by atoms with Crippen LogP contribution in [0.25, 0.3) is 121 Å². The Morgan fingerprint density at radius 2 is 0.397 bits per heavy atom. The smallest absolute Gasteiger partial charge is 0.0541 e. The summed E-state index contributed by atoms with van der Waals surface area (Å²) in [5, 5.41) is 10.4. The quantitative estimate of drug-likeness (QED) is 0.164. The fourth-order valence-corrected chi connectivity index (χ4v) is 11.9. The Hall–Kier alpha value is -10.2. The minimum Gasteiger partial charge on any atom is -0.309 e. The van der Waals surface area contributed by atoms with Crippen LogP contribution >= 0.6 is 0 Å². The lowest BCUT2D eigenvalue weighted by molar-refractivity contribution is 1.18. The minimum absolute atomic E-state index is 1.17. The molecule has 4 heteroatoms. The van der Waals surface area contributed by atoms with Crippen LogP contribution in [0.4, 0.5) is 0 Å². The van der Waals surface area contributed by atoms with Crippen LogP contribution in [0, 0.1) is 13.8 Å². The molecule has 4 heterocycles. The highest BCUT2D eigenvalue weighted by atomic mass is 15.0. The molecule has 78 heavy (non-hydrogen) atoms. The summed E-state index contributed by atoms with van der Waals surface area (Å²) < 4.78 is 9.40. The normalized spacial score (nSPS) is 11.5. The van der Waals surface area contributed by atoms with Crippen molar-refractivity contribution >= 4 is 87.2 Å². The van der Waals surface area contributed by atoms with Gasteiger partial charge in [0.15, 0.2) is 0 Å². The molecule has 0 aliphatic heterocycles. The molecule has 0 unspecified atom stereocenters. The van der Waals surface area contributed by atoms with Gasteiger partial charge in [0.1, 0.15) is 0 Å². The molecule has 16 rings (SSSR count). The number of fused-ring (bicyclic) bond motifs is 12. The molecule has 12 aromatic carbocycles. The van der Waals surface area contributed by atoms with E-state index in [1.807, 2.05) is 0 Å². The van der Waals surface area contributed by atoms with Crippen molar-refractivity contribution in [3.63, 3.8) is 0 Å². The summed E-state index contributed by atoms with van der Waals surface area (Å²) in [7, 11) is 0. The molecule has 0 amide bonds. The average Bonchev–Trinajstić information content (AvgIpc) is 4.43. The predicted octanol–water partition coefficient (Wildman–Crippen LogP) is 19.7. The summed E-state index contributed by atoms with van der Waals surface area (Å²) in [5.41, 5.74) is 19.8. The van der Waals surface area contributed by atoms with Gasteiger partial charge in [-0.25, -0.2) is 0 Å². The SMILES string of the molecule is Cc1ccc2c(c1)c1ccccc1n2-c1ccc(-c2ccc(-n3c4ccccc4c4ccccc43)cc2)cc1.Cc1ccc2c(c1)c1ccccc1n2-c1ccccc1.c1ccc(-n2c3ccccc3c3ccccc32)cc1. The maximum atomic E-state index is 2.37. The Bertz CT molecular complexity index is 4730. The molecule has 0 aliphatic rings. The first kappa shape index (κ1) is 46.4. The topological polar surface area (TPSA) is 19.7 Å². The molecule has 16 aromatic rings. The van der Waals surface area contributed by atoms with Gasteiger partial charge >= 0.3 is 0 Å². The third-order valence-corrected chi connectivity index (χ3v) is 15.4. The summed E-state index contributed by atoms with van der Waals surface area (Å²) in [6.07, 6.45) is 0. The van der Waals surface area contributed by atoms with Gasteiger partial charge in [-0.15, -0.1) is 0 Å². The van der Waals surface area contributed by atoms with E-state index in [9.17, 15) is 0 Å². The highest BCUT2D eigenvalue weighted by Crippen LogP contribution is 2.37. The van der Waals surface area contributed by atoms with Gasteiger partial charge in [0.05, 0.1) is 44.1 Å². The van der Waals surface area contributed by atoms with Gasteiger partial charge in [-0.05, 0) is 134 Å². The molecule has 0 atom stereocenters. The second kappa shape index (κ2) is 19.5. The van der Waals surface area contributed by atoms with Crippen molar-refractivity contribution < 1.29 is 0 Å². The Morgan fingerprint density at radius 1 is 0.179 bits per heavy atom. The maximum Gasteiger partial charge on any atom is 0.0541 e. The van der Waals surface area contributed by atoms with Crippen molar-refractivity contribution in [2.24, 2.45) is 0 Å². The first-order chi connectivity index (χ1) is 38.6. The van der Waals surface area contributed by atoms with Gasteiger partial charge in [-0.3, -0.25) is 0 Å². The highest BCUT2D eigenvalue weighted by molar-refractivity contribution is 6.12. The largest absolute Gasteiger partial charge is 0.309 e. The number of aromatic nitrogens is 4. The summed E-state index contributed by atoms with van der Waals surface area (Å²) >= 11 is 0. The lowest BCUT2D eigenvalue weighted by Crippen LogP contribution is -1.94. The van der Waals surface area contributed by atoms with Crippen LogP contribution in [0.5, 0.6) is 0 Å². The molecule has 0 saturated heterocycles. The summed E-state index contributed by atoms with van der Waals surface area (Å²) in [4.78, 5) is 0. The number of nitrogens with zero attached hydrogens (tertiary/aromatic N) is 4. The van der Waals surface area contributed by atoms with Crippen LogP contribution in [0.2, 0.25) is 0 Å². The number of benzene rings is 12. The lowest BCUT2D eigenvalue weighted by Gasteiger charge is -2.11. The summed E-state index contributed by atoms with van der Waals surface area (Å²) in [5.74, 6) is 0. The van der Waals surface area contributed by atoms with Crippen LogP contribution in [0.1, 0.15) is 11.1 Å². The molecule has 0 N–H and O–H groups in total. The molecule has 0 aliphatic carbocycles. The van der Waals surface area contributed by atoms with Gasteiger partial charge in [0.25, 0.3) is 0 Å². The Labute approximate surface area is 453 Å². The fraction of sp³-hybridized carbons (Fsp3) is 0.0270. The fourth-order valence-electron chi connectivity index (χ4n) is 11.9. The molecule has 0 spiro atoms. The van der Waals surface area contributed by atoms with Crippen LogP contribution in [-0.2, 0) is 0 Å². The van der Waals surface area contributed by atoms with Crippen molar-refractivity contribution in [2.75, 3.05) is 0 Å². The van der Waals surface area contributed by atoms with Crippen molar-refractivity contribution in [3.05, 3.63) is 302 Å². The first-order valence-corrected chi connectivity index (χ1v) is 26.8. The molecule has 0 radical (unpaired) electrons. The number of hydrogen-bond donors (Lipinski definition) is 0. The van der Waals surface area contributed by atoms with Gasteiger partial charge in [-0.2, -0.15) is 0 Å². The van der Waals surface area contributed by atoms with E-state index in [1.165, 1.54) is 132 Å². The molecule has 4 aromatic heterocycles. The Kier molecular flexibility index (Phi) is 11.6. The van der Waals surface area contributed by atoms with Gasteiger partial charge in [-0.1, -0.05) is 193 Å². The molecular formula is C74H54N4. The van der Waals surface area contributed by atoms with E-state index in [4.69, 9.17) is 0 Å². The maximum absolute atomic E-state index is 2.37. The Morgan fingerprint density at radius 3 is 0.679 bits per heavy atom. The van der Waals surface area contributed by atoms with E-state index in [1.54, 1.807) is 0 Å². The highest BCUT2D eigenvalue weighted by Gasteiger charge is 2.16. The second-order valence-electron chi connectivity index (χ2n) is 20.3. The van der Waals surface area contributed by atoms with Crippen LogP contribution in [0.3, 0.4) is 0 Å². The molecule has 0 bridgehead atoms. The van der Waals surface area contributed by atoms with E-state index in [0.29, 0.717) is 0 Å². The molecule has 0 saturated carbocycles. The standard InChI is InChI=1S/C37H26N2.C19H15N.C18H13N/c1-25-14-23-37-33(24-25)32-10-4-7-13-36(32)39(37)29-21-17-27(18-22-29)26-15-19-28(20-16-26)38-34-11-5-2-8-30(34)31-9-3-6-12-35(31)38;1-14-11-12-19-17(13-14)16-9-5-6-10-18(16)20(19)15-7-3-2-4-8-15;1-2-8-14(9-3-1)19-17-12-6-4-10-15(17)16-11-5-7-13-18(16)19/h2-24H,1H3;2-13H,1H3;1-13H. The van der Waals surface area contributed by atoms with Crippen LogP contribution in [0.15, 0.2) is 291 Å². The predicted molar refractivity (Wildman–Crippen MR) is 332 cm³/mol. The first-order valence-electron chi connectivity index (χ1n) is 26.8.